The van der Waals surface area contributed by atoms with Crippen LogP contribution >= 0.6 is 0 Å². The Labute approximate surface area is 87.9 Å². The van der Waals surface area contributed by atoms with Crippen LogP contribution in [0.5, 0.6) is 0 Å². The van der Waals surface area contributed by atoms with E-state index < -0.39 is 8.32 Å². The van der Waals surface area contributed by atoms with Gasteiger partial charge in [0.25, 0.3) is 0 Å². The molecule has 0 atom stereocenters. The number of benzene rings is 1. The summed E-state index contributed by atoms with van der Waals surface area (Å²) in [5.41, 5.74) is 1.34. The van der Waals surface area contributed by atoms with Crippen molar-refractivity contribution in [1.82, 2.24) is 0 Å². The van der Waals surface area contributed by atoms with E-state index in [-0.39, 0.29) is 0 Å². The van der Waals surface area contributed by atoms with Crippen molar-refractivity contribution in [1.29, 1.82) is 0 Å². The summed E-state index contributed by atoms with van der Waals surface area (Å²) in [6.45, 7) is 6.17. The molecule has 0 spiro atoms. The quantitative estimate of drug-likeness (QED) is 0.754. The highest BCUT2D eigenvalue weighted by Crippen LogP contribution is 2.08. The first-order valence-corrected chi connectivity index (χ1v) is 8.31. The molecule has 0 unspecified atom stereocenters. The van der Waals surface area contributed by atoms with Crippen molar-refractivity contribution in [3.05, 3.63) is 29.8 Å². The molecule has 1 nitrogen and oxygen atoms in total. The van der Waals surface area contributed by atoms with Gasteiger partial charge in [0.15, 0.2) is 0 Å². The second kappa shape index (κ2) is 4.76. The van der Waals surface area contributed by atoms with Gasteiger partial charge in [-0.3, -0.25) is 0 Å². The topological polar surface area (TPSA) is 20.2 Å². The standard InChI is InChI=1S/C12H20OSi/c1-4-5-8-11-9-6-7-10-12(11)14(2,3)13/h6-7,9-10,13H,4-5,8H2,1-3H3. The smallest absolute Gasteiger partial charge is 0.214 e. The number of hydrogen-bond acceptors (Lipinski definition) is 1. The van der Waals surface area contributed by atoms with Crippen molar-refractivity contribution in [2.24, 2.45) is 0 Å². The summed E-state index contributed by atoms with van der Waals surface area (Å²) >= 11 is 0. The summed E-state index contributed by atoms with van der Waals surface area (Å²) in [5.74, 6) is 0. The highest BCUT2D eigenvalue weighted by molar-refractivity contribution is 6.83. The molecule has 0 heterocycles. The normalized spacial score (nSPS) is 11.7. The average Bonchev–Trinajstić information content (AvgIpc) is 2.14. The Bertz CT molecular complexity index is 289. The van der Waals surface area contributed by atoms with Crippen LogP contribution in [0, 0.1) is 0 Å². The van der Waals surface area contributed by atoms with Crippen molar-refractivity contribution in [2.45, 2.75) is 39.3 Å². The number of aryl methyl sites for hydroxylation is 1. The average molecular weight is 208 g/mol. The summed E-state index contributed by atoms with van der Waals surface area (Å²) in [5, 5.41) is 1.20. The van der Waals surface area contributed by atoms with E-state index in [0.717, 1.165) is 6.42 Å². The van der Waals surface area contributed by atoms with Gasteiger partial charge in [-0.2, -0.15) is 0 Å². The zero-order chi connectivity index (χ0) is 10.6. The molecule has 0 aliphatic rings. The Balaban J connectivity index is 2.92. The lowest BCUT2D eigenvalue weighted by Crippen LogP contribution is -2.43. The molecular formula is C12H20OSi. The van der Waals surface area contributed by atoms with E-state index in [1.807, 2.05) is 19.2 Å². The SMILES string of the molecule is CCCCc1ccccc1[Si](C)(C)O. The monoisotopic (exact) mass is 208 g/mol. The van der Waals surface area contributed by atoms with Crippen LogP contribution in [0.3, 0.4) is 0 Å². The van der Waals surface area contributed by atoms with E-state index in [2.05, 4.69) is 25.1 Å². The van der Waals surface area contributed by atoms with Crippen molar-refractivity contribution >= 4 is 13.5 Å². The van der Waals surface area contributed by atoms with Crippen molar-refractivity contribution in [3.63, 3.8) is 0 Å². The molecule has 0 fully saturated rings. The molecule has 0 bridgehead atoms. The zero-order valence-electron chi connectivity index (χ0n) is 9.38. The van der Waals surface area contributed by atoms with Gasteiger partial charge < -0.3 is 4.80 Å². The third-order valence-electron chi connectivity index (χ3n) is 2.48. The van der Waals surface area contributed by atoms with Crippen LogP contribution in [0.25, 0.3) is 0 Å². The number of rotatable bonds is 4. The molecule has 78 valence electrons. The first-order valence-electron chi connectivity index (χ1n) is 5.36. The van der Waals surface area contributed by atoms with Gasteiger partial charge >= 0.3 is 0 Å². The third kappa shape index (κ3) is 2.96. The summed E-state index contributed by atoms with van der Waals surface area (Å²) in [6.07, 6.45) is 3.52. The Morgan fingerprint density at radius 1 is 1.21 bits per heavy atom. The molecule has 2 heteroatoms. The molecule has 0 saturated heterocycles. The largest absolute Gasteiger partial charge is 0.428 e. The van der Waals surface area contributed by atoms with E-state index in [1.54, 1.807) is 0 Å². The van der Waals surface area contributed by atoms with Gasteiger partial charge in [0, 0.05) is 0 Å². The fraction of sp³-hybridized carbons (Fsp3) is 0.500. The summed E-state index contributed by atoms with van der Waals surface area (Å²) in [7, 11) is -2.13. The first-order chi connectivity index (χ1) is 6.55. The van der Waals surface area contributed by atoms with E-state index in [1.165, 1.54) is 23.6 Å². The van der Waals surface area contributed by atoms with Crippen molar-refractivity contribution < 1.29 is 4.80 Å². The van der Waals surface area contributed by atoms with E-state index >= 15 is 0 Å². The maximum atomic E-state index is 10.1. The molecule has 1 aromatic carbocycles. The Morgan fingerprint density at radius 2 is 1.86 bits per heavy atom. The molecular weight excluding hydrogens is 188 g/mol. The van der Waals surface area contributed by atoms with Gasteiger partial charge in [-0.15, -0.1) is 0 Å². The Hall–Kier alpha value is -0.603. The summed E-state index contributed by atoms with van der Waals surface area (Å²) < 4.78 is 0. The molecule has 1 N–H and O–H groups in total. The van der Waals surface area contributed by atoms with Crippen LogP contribution in [-0.2, 0) is 6.42 Å². The minimum absolute atomic E-state index is 1.10. The number of hydrogen-bond donors (Lipinski definition) is 1. The fourth-order valence-electron chi connectivity index (χ4n) is 1.70. The molecule has 0 radical (unpaired) electrons. The van der Waals surface area contributed by atoms with Crippen LogP contribution in [0.2, 0.25) is 13.1 Å². The lowest BCUT2D eigenvalue weighted by Gasteiger charge is -2.18. The Kier molecular flexibility index (Phi) is 3.90. The Morgan fingerprint density at radius 3 is 2.43 bits per heavy atom. The van der Waals surface area contributed by atoms with Gasteiger partial charge in [-0.25, -0.2) is 0 Å². The number of unbranched alkanes of at least 4 members (excludes halogenated alkanes) is 1. The molecule has 0 amide bonds. The summed E-state index contributed by atoms with van der Waals surface area (Å²) in [4.78, 5) is 10.1. The van der Waals surface area contributed by atoms with E-state index in [0.29, 0.717) is 0 Å². The predicted molar refractivity (Wildman–Crippen MR) is 64.4 cm³/mol. The molecule has 0 aromatic heterocycles. The maximum absolute atomic E-state index is 10.1. The van der Waals surface area contributed by atoms with Gasteiger partial charge in [-0.1, -0.05) is 37.6 Å². The van der Waals surface area contributed by atoms with Crippen LogP contribution in [0.1, 0.15) is 25.3 Å². The van der Waals surface area contributed by atoms with Gasteiger partial charge in [-0.05, 0) is 36.7 Å². The highest BCUT2D eigenvalue weighted by atomic mass is 28.4. The van der Waals surface area contributed by atoms with Gasteiger partial charge in [0.1, 0.15) is 0 Å². The molecule has 0 aliphatic heterocycles. The molecule has 14 heavy (non-hydrogen) atoms. The molecule has 1 rings (SSSR count). The van der Waals surface area contributed by atoms with Gasteiger partial charge in [0.05, 0.1) is 0 Å². The lowest BCUT2D eigenvalue weighted by atomic mass is 10.1. The van der Waals surface area contributed by atoms with Crippen LogP contribution in [0.15, 0.2) is 24.3 Å². The van der Waals surface area contributed by atoms with Crippen molar-refractivity contribution in [3.8, 4) is 0 Å². The minimum atomic E-state index is -2.13. The summed E-state index contributed by atoms with van der Waals surface area (Å²) in [6, 6.07) is 8.32. The van der Waals surface area contributed by atoms with Crippen LogP contribution < -0.4 is 5.19 Å². The fourth-order valence-corrected chi connectivity index (χ4v) is 3.20. The van der Waals surface area contributed by atoms with Crippen molar-refractivity contribution in [2.75, 3.05) is 0 Å². The molecule has 1 aromatic rings. The lowest BCUT2D eigenvalue weighted by molar-refractivity contribution is 0.568. The second-order valence-electron chi connectivity index (χ2n) is 4.32. The van der Waals surface area contributed by atoms with Crippen LogP contribution in [-0.4, -0.2) is 13.1 Å². The highest BCUT2D eigenvalue weighted by Gasteiger charge is 2.22. The van der Waals surface area contributed by atoms with E-state index in [9.17, 15) is 4.80 Å². The first kappa shape index (κ1) is 11.5. The van der Waals surface area contributed by atoms with Gasteiger partial charge in [0.2, 0.25) is 8.32 Å². The predicted octanol–water partition coefficient (Wildman–Crippen LogP) is 2.43. The maximum Gasteiger partial charge on any atom is 0.214 e. The minimum Gasteiger partial charge on any atom is -0.428 e. The third-order valence-corrected chi connectivity index (χ3v) is 4.28. The zero-order valence-corrected chi connectivity index (χ0v) is 10.4. The van der Waals surface area contributed by atoms with E-state index in [4.69, 9.17) is 0 Å². The molecule has 0 aliphatic carbocycles. The second-order valence-corrected chi connectivity index (χ2v) is 7.98. The van der Waals surface area contributed by atoms with Crippen LogP contribution in [0.4, 0.5) is 0 Å². The molecule has 0 saturated carbocycles.